The van der Waals surface area contributed by atoms with Crippen LogP contribution in [0.25, 0.3) is 0 Å². The van der Waals surface area contributed by atoms with Crippen molar-refractivity contribution in [2.45, 2.75) is 19.1 Å². The Morgan fingerprint density at radius 2 is 1.74 bits per heavy atom. The molecule has 2 N–H and O–H groups in total. The van der Waals surface area contributed by atoms with Crippen molar-refractivity contribution < 1.29 is 22.3 Å². The van der Waals surface area contributed by atoms with Crippen LogP contribution in [0.4, 0.5) is 8.78 Å². The van der Waals surface area contributed by atoms with E-state index in [1.54, 1.807) is 0 Å². The summed E-state index contributed by atoms with van der Waals surface area (Å²) in [6.07, 6.45) is -1.63. The fraction of sp³-hybridized carbons (Fsp3) is 0.455. The van der Waals surface area contributed by atoms with Crippen LogP contribution in [0.15, 0.2) is 18.2 Å². The van der Waals surface area contributed by atoms with Crippen molar-refractivity contribution in [3.63, 3.8) is 0 Å². The fourth-order valence-corrected chi connectivity index (χ4v) is 2.26. The quantitative estimate of drug-likeness (QED) is 0.843. The van der Waals surface area contributed by atoms with E-state index in [2.05, 4.69) is 4.72 Å². The highest BCUT2D eigenvalue weighted by molar-refractivity contribution is 7.87. The third kappa shape index (κ3) is 3.69. The van der Waals surface area contributed by atoms with Gasteiger partial charge in [-0.05, 0) is 19.1 Å². The Morgan fingerprint density at radius 3 is 2.16 bits per heavy atom. The van der Waals surface area contributed by atoms with Crippen LogP contribution in [-0.2, 0) is 10.2 Å². The number of nitrogens with zero attached hydrogens (tertiary/aromatic N) is 1. The monoisotopic (exact) mass is 294 g/mol. The number of nitrogens with one attached hydrogen (secondary N) is 1. The van der Waals surface area contributed by atoms with Crippen molar-refractivity contribution >= 4 is 10.2 Å². The molecule has 0 bridgehead atoms. The highest BCUT2D eigenvalue weighted by atomic mass is 32.2. The molecule has 5 nitrogen and oxygen atoms in total. The highest BCUT2D eigenvalue weighted by Gasteiger charge is 2.27. The summed E-state index contributed by atoms with van der Waals surface area (Å²) in [4.78, 5) is 0. The summed E-state index contributed by atoms with van der Waals surface area (Å²) in [7, 11) is -1.20. The summed E-state index contributed by atoms with van der Waals surface area (Å²) in [5.74, 6) is -1.85. The van der Waals surface area contributed by atoms with Gasteiger partial charge in [0, 0.05) is 14.1 Å². The van der Waals surface area contributed by atoms with E-state index in [0.717, 1.165) is 22.5 Å². The number of hydrogen-bond acceptors (Lipinski definition) is 3. The van der Waals surface area contributed by atoms with Crippen LogP contribution >= 0.6 is 0 Å². The third-order valence-corrected chi connectivity index (χ3v) is 4.22. The Balaban J connectivity index is 2.98. The van der Waals surface area contributed by atoms with Gasteiger partial charge in [-0.3, -0.25) is 0 Å². The average molecular weight is 294 g/mol. The van der Waals surface area contributed by atoms with Gasteiger partial charge in [-0.1, -0.05) is 6.07 Å². The Labute approximate surface area is 111 Å². The van der Waals surface area contributed by atoms with Crippen molar-refractivity contribution in [3.05, 3.63) is 35.4 Å². The normalized spacial score (nSPS) is 15.5. The lowest BCUT2D eigenvalue weighted by molar-refractivity contribution is 0.136. The van der Waals surface area contributed by atoms with E-state index in [4.69, 9.17) is 0 Å². The number of aliphatic hydroxyl groups is 1. The van der Waals surface area contributed by atoms with Crippen LogP contribution in [0.5, 0.6) is 0 Å². The molecule has 0 radical (unpaired) electrons. The largest absolute Gasteiger partial charge is 0.387 e. The maximum atomic E-state index is 13.5. The van der Waals surface area contributed by atoms with Gasteiger partial charge in [-0.2, -0.15) is 17.4 Å². The zero-order valence-corrected chi connectivity index (χ0v) is 11.6. The molecule has 2 atom stereocenters. The third-order valence-electron chi connectivity index (χ3n) is 2.58. The summed E-state index contributed by atoms with van der Waals surface area (Å²) < 4.78 is 53.1. The first-order chi connectivity index (χ1) is 8.66. The molecule has 0 heterocycles. The smallest absolute Gasteiger partial charge is 0.279 e. The van der Waals surface area contributed by atoms with Crippen LogP contribution in [0.1, 0.15) is 18.6 Å². The lowest BCUT2D eigenvalue weighted by atomic mass is 10.0. The average Bonchev–Trinajstić information content (AvgIpc) is 2.27. The number of rotatable bonds is 5. The first-order valence-corrected chi connectivity index (χ1v) is 6.92. The molecular formula is C11H16F2N2O3S. The molecule has 0 saturated heterocycles. The molecule has 0 amide bonds. The van der Waals surface area contributed by atoms with Crippen molar-refractivity contribution in [2.75, 3.05) is 14.1 Å². The summed E-state index contributed by atoms with van der Waals surface area (Å²) >= 11 is 0. The van der Waals surface area contributed by atoms with Gasteiger partial charge in [0.15, 0.2) is 0 Å². The summed E-state index contributed by atoms with van der Waals surface area (Å²) in [6, 6.07) is 2.07. The van der Waals surface area contributed by atoms with Crippen molar-refractivity contribution in [2.24, 2.45) is 0 Å². The lowest BCUT2D eigenvalue weighted by Crippen LogP contribution is -2.43. The SMILES string of the molecule is C[C@@H](NS(=O)(=O)N(C)C)[C@H](O)c1c(F)cccc1F. The van der Waals surface area contributed by atoms with E-state index in [-0.39, 0.29) is 0 Å². The zero-order valence-electron chi connectivity index (χ0n) is 10.8. The zero-order chi connectivity index (χ0) is 14.8. The minimum absolute atomic E-state index is 0.559. The molecule has 0 aliphatic carbocycles. The predicted molar refractivity (Wildman–Crippen MR) is 66.5 cm³/mol. The standard InChI is InChI=1S/C11H16F2N2O3S/c1-7(14-19(17,18)15(2)3)11(16)10-8(12)5-4-6-9(10)13/h4-7,11,14,16H,1-3H3/t7-,11+/m1/s1. The minimum atomic E-state index is -3.80. The van der Waals surface area contributed by atoms with Crippen LogP contribution in [0.3, 0.4) is 0 Å². The molecule has 0 unspecified atom stereocenters. The van der Waals surface area contributed by atoms with Crippen LogP contribution in [0, 0.1) is 11.6 Å². The van der Waals surface area contributed by atoms with E-state index in [9.17, 15) is 22.3 Å². The predicted octanol–water partition coefficient (Wildman–Crippen LogP) is 0.783. The maximum absolute atomic E-state index is 13.5. The second-order valence-corrected chi connectivity index (χ2v) is 6.19. The molecule has 0 aliphatic rings. The van der Waals surface area contributed by atoms with E-state index in [1.807, 2.05) is 0 Å². The Bertz CT molecular complexity index is 529. The van der Waals surface area contributed by atoms with Gasteiger partial charge in [0.1, 0.15) is 17.7 Å². The minimum Gasteiger partial charge on any atom is -0.387 e. The summed E-state index contributed by atoms with van der Waals surface area (Å²) in [6.45, 7) is 1.32. The number of aliphatic hydroxyl groups excluding tert-OH is 1. The number of halogens is 2. The molecule has 0 fully saturated rings. The van der Waals surface area contributed by atoms with E-state index < -0.39 is 39.6 Å². The van der Waals surface area contributed by atoms with Crippen LogP contribution < -0.4 is 4.72 Å². The highest BCUT2D eigenvalue weighted by Crippen LogP contribution is 2.23. The number of hydrogen-bond donors (Lipinski definition) is 2. The Hall–Kier alpha value is -1.09. The van der Waals surface area contributed by atoms with Gasteiger partial charge >= 0.3 is 0 Å². The van der Waals surface area contributed by atoms with Gasteiger partial charge in [-0.25, -0.2) is 8.78 Å². The van der Waals surface area contributed by atoms with Gasteiger partial charge in [0.25, 0.3) is 10.2 Å². The van der Waals surface area contributed by atoms with Crippen molar-refractivity contribution in [1.29, 1.82) is 0 Å². The van der Waals surface area contributed by atoms with Gasteiger partial charge in [0.2, 0.25) is 0 Å². The Kier molecular flexibility index (Phi) is 4.97. The second kappa shape index (κ2) is 5.91. The van der Waals surface area contributed by atoms with Crippen molar-refractivity contribution in [3.8, 4) is 0 Å². The molecule has 0 spiro atoms. The first kappa shape index (κ1) is 16.0. The van der Waals surface area contributed by atoms with E-state index in [0.29, 0.717) is 0 Å². The van der Waals surface area contributed by atoms with Crippen molar-refractivity contribution in [1.82, 2.24) is 9.03 Å². The molecular weight excluding hydrogens is 278 g/mol. The van der Waals surface area contributed by atoms with Gasteiger partial charge in [-0.15, -0.1) is 0 Å². The summed E-state index contributed by atoms with van der Waals surface area (Å²) in [5.41, 5.74) is -0.559. The molecule has 1 aromatic rings. The van der Waals surface area contributed by atoms with Crippen LogP contribution in [-0.4, -0.2) is 38.0 Å². The molecule has 108 valence electrons. The second-order valence-electron chi connectivity index (χ2n) is 4.27. The topological polar surface area (TPSA) is 69.6 Å². The van der Waals surface area contributed by atoms with E-state index in [1.165, 1.54) is 21.0 Å². The molecule has 0 aliphatic heterocycles. The molecule has 1 aromatic carbocycles. The van der Waals surface area contributed by atoms with Crippen LogP contribution in [0.2, 0.25) is 0 Å². The molecule has 0 saturated carbocycles. The summed E-state index contributed by atoms with van der Waals surface area (Å²) in [5, 5.41) is 9.87. The number of benzene rings is 1. The van der Waals surface area contributed by atoms with Gasteiger partial charge in [0.05, 0.1) is 11.6 Å². The lowest BCUT2D eigenvalue weighted by Gasteiger charge is -2.23. The molecule has 0 aromatic heterocycles. The molecule has 19 heavy (non-hydrogen) atoms. The molecule has 1 rings (SSSR count). The van der Waals surface area contributed by atoms with Gasteiger partial charge < -0.3 is 5.11 Å². The molecule has 8 heteroatoms. The first-order valence-electron chi connectivity index (χ1n) is 5.48. The Morgan fingerprint density at radius 1 is 1.26 bits per heavy atom. The fourth-order valence-electron chi connectivity index (χ4n) is 1.45. The van der Waals surface area contributed by atoms with E-state index >= 15 is 0 Å². The maximum Gasteiger partial charge on any atom is 0.279 e.